The third-order valence-electron chi connectivity index (χ3n) is 1.71. The minimum absolute atomic E-state index is 0.401. The first-order valence-corrected chi connectivity index (χ1v) is 4.65. The molecule has 1 aromatic rings. The quantitative estimate of drug-likeness (QED) is 0.826. The van der Waals surface area contributed by atoms with Crippen molar-refractivity contribution in [1.29, 1.82) is 0 Å². The zero-order valence-electron chi connectivity index (χ0n) is 7.42. The molecule has 2 N–H and O–H groups in total. The topological polar surface area (TPSA) is 44.5 Å². The number of hydrogen-bond acceptors (Lipinski definition) is 3. The average Bonchev–Trinajstić information content (AvgIpc) is 2.10. The van der Waals surface area contributed by atoms with Gasteiger partial charge in [-0.3, -0.25) is 4.84 Å². The summed E-state index contributed by atoms with van der Waals surface area (Å²) in [6, 6.07) is 5.93. The first kappa shape index (κ1) is 10.7. The van der Waals surface area contributed by atoms with Gasteiger partial charge in [-0.25, -0.2) is 5.90 Å². The number of hydrogen-bond donors (Lipinski definition) is 1. The highest BCUT2D eigenvalue weighted by Crippen LogP contribution is 2.17. The molecular weight excluding hydrogens is 234 g/mol. The van der Waals surface area contributed by atoms with Gasteiger partial charge >= 0.3 is 0 Å². The fourth-order valence-corrected chi connectivity index (χ4v) is 1.52. The molecule has 0 saturated heterocycles. The standard InChI is InChI=1S/C9H12BrNO2/c1-12-5-7-2-3-9(10)4-8(7)6-13-11/h2-4H,5-6,11H2,1H3. The smallest absolute Gasteiger partial charge is 0.0933 e. The second-order valence-corrected chi connectivity index (χ2v) is 3.57. The van der Waals surface area contributed by atoms with E-state index < -0.39 is 0 Å². The van der Waals surface area contributed by atoms with E-state index >= 15 is 0 Å². The van der Waals surface area contributed by atoms with Crippen LogP contribution in [-0.4, -0.2) is 7.11 Å². The van der Waals surface area contributed by atoms with Crippen LogP contribution in [0.4, 0.5) is 0 Å². The molecule has 13 heavy (non-hydrogen) atoms. The Balaban J connectivity index is 2.89. The number of benzene rings is 1. The van der Waals surface area contributed by atoms with Gasteiger partial charge in [0.1, 0.15) is 0 Å². The van der Waals surface area contributed by atoms with Crippen LogP contribution in [0.5, 0.6) is 0 Å². The maximum atomic E-state index is 5.04. The first-order chi connectivity index (χ1) is 6.27. The number of ether oxygens (including phenoxy) is 1. The normalized spacial score (nSPS) is 10.4. The van der Waals surface area contributed by atoms with Crippen LogP contribution >= 0.6 is 15.9 Å². The van der Waals surface area contributed by atoms with E-state index in [2.05, 4.69) is 20.8 Å². The van der Waals surface area contributed by atoms with Crippen molar-refractivity contribution in [3.05, 3.63) is 33.8 Å². The predicted molar refractivity (Wildman–Crippen MR) is 53.8 cm³/mol. The summed E-state index contributed by atoms with van der Waals surface area (Å²) in [5.41, 5.74) is 2.13. The molecule has 0 atom stereocenters. The monoisotopic (exact) mass is 245 g/mol. The van der Waals surface area contributed by atoms with E-state index in [0.717, 1.165) is 15.6 Å². The van der Waals surface area contributed by atoms with Gasteiger partial charge in [0.25, 0.3) is 0 Å². The summed E-state index contributed by atoms with van der Waals surface area (Å²) >= 11 is 3.38. The molecule has 0 aliphatic rings. The molecule has 72 valence electrons. The van der Waals surface area contributed by atoms with Gasteiger partial charge in [-0.2, -0.15) is 0 Å². The van der Waals surface area contributed by atoms with Gasteiger partial charge in [0.05, 0.1) is 13.2 Å². The molecule has 0 aliphatic carbocycles. The third kappa shape index (κ3) is 3.08. The van der Waals surface area contributed by atoms with E-state index in [-0.39, 0.29) is 0 Å². The Morgan fingerprint density at radius 1 is 1.31 bits per heavy atom. The lowest BCUT2D eigenvalue weighted by molar-refractivity contribution is 0.120. The van der Waals surface area contributed by atoms with Gasteiger partial charge in [0, 0.05) is 11.6 Å². The van der Waals surface area contributed by atoms with Crippen LogP contribution in [0.15, 0.2) is 22.7 Å². The lowest BCUT2D eigenvalue weighted by atomic mass is 10.1. The fourth-order valence-electron chi connectivity index (χ4n) is 1.11. The molecule has 0 heterocycles. The Labute approximate surface area is 85.9 Å². The Hall–Kier alpha value is -0.420. The largest absolute Gasteiger partial charge is 0.380 e. The molecule has 1 rings (SSSR count). The molecule has 0 bridgehead atoms. The Morgan fingerprint density at radius 3 is 2.69 bits per heavy atom. The molecule has 0 amide bonds. The van der Waals surface area contributed by atoms with Crippen molar-refractivity contribution in [2.24, 2.45) is 5.90 Å². The molecule has 0 saturated carbocycles. The fraction of sp³-hybridized carbons (Fsp3) is 0.333. The van der Waals surface area contributed by atoms with Crippen LogP contribution in [-0.2, 0) is 22.8 Å². The van der Waals surface area contributed by atoms with Gasteiger partial charge in [-0.15, -0.1) is 0 Å². The molecule has 0 unspecified atom stereocenters. The Kier molecular flexibility index (Phi) is 4.38. The van der Waals surface area contributed by atoms with Gasteiger partial charge in [0.2, 0.25) is 0 Å². The van der Waals surface area contributed by atoms with Crippen LogP contribution in [0.25, 0.3) is 0 Å². The second-order valence-electron chi connectivity index (χ2n) is 2.66. The zero-order chi connectivity index (χ0) is 9.68. The van der Waals surface area contributed by atoms with Crippen LogP contribution < -0.4 is 5.90 Å². The molecule has 0 fully saturated rings. The Bertz CT molecular complexity index is 278. The maximum Gasteiger partial charge on any atom is 0.0933 e. The summed E-state index contributed by atoms with van der Waals surface area (Å²) in [6.07, 6.45) is 0. The lowest BCUT2D eigenvalue weighted by Crippen LogP contribution is -2.03. The molecule has 1 aromatic carbocycles. The number of methoxy groups -OCH3 is 1. The molecular formula is C9H12BrNO2. The van der Waals surface area contributed by atoms with E-state index in [1.54, 1.807) is 7.11 Å². The molecule has 4 heteroatoms. The van der Waals surface area contributed by atoms with E-state index in [4.69, 9.17) is 10.6 Å². The summed E-state index contributed by atoms with van der Waals surface area (Å²) in [6.45, 7) is 0.976. The van der Waals surface area contributed by atoms with E-state index in [1.165, 1.54) is 0 Å². The number of nitrogens with two attached hydrogens (primary N) is 1. The second kappa shape index (κ2) is 5.34. The molecule has 0 aromatic heterocycles. The van der Waals surface area contributed by atoms with Crippen molar-refractivity contribution in [2.75, 3.05) is 7.11 Å². The summed E-state index contributed by atoms with van der Waals surface area (Å²) in [5, 5.41) is 0. The average molecular weight is 246 g/mol. The predicted octanol–water partition coefficient (Wildman–Crippen LogP) is 1.99. The van der Waals surface area contributed by atoms with Crippen molar-refractivity contribution >= 4 is 15.9 Å². The summed E-state index contributed by atoms with van der Waals surface area (Å²) in [4.78, 5) is 4.59. The highest BCUT2D eigenvalue weighted by molar-refractivity contribution is 9.10. The Morgan fingerprint density at radius 2 is 2.08 bits per heavy atom. The van der Waals surface area contributed by atoms with Crippen molar-refractivity contribution in [1.82, 2.24) is 0 Å². The molecule has 0 aliphatic heterocycles. The molecule has 3 nitrogen and oxygen atoms in total. The van der Waals surface area contributed by atoms with E-state index in [1.807, 2.05) is 18.2 Å². The van der Waals surface area contributed by atoms with Crippen molar-refractivity contribution in [3.8, 4) is 0 Å². The van der Waals surface area contributed by atoms with Crippen LogP contribution in [0.2, 0.25) is 0 Å². The van der Waals surface area contributed by atoms with Crippen molar-refractivity contribution in [3.63, 3.8) is 0 Å². The zero-order valence-corrected chi connectivity index (χ0v) is 9.00. The number of rotatable bonds is 4. The van der Waals surface area contributed by atoms with Crippen molar-refractivity contribution < 1.29 is 9.57 Å². The SMILES string of the molecule is COCc1ccc(Br)cc1CON. The summed E-state index contributed by atoms with van der Waals surface area (Å²) in [7, 11) is 1.66. The van der Waals surface area contributed by atoms with Crippen molar-refractivity contribution in [2.45, 2.75) is 13.2 Å². The highest BCUT2D eigenvalue weighted by atomic mass is 79.9. The molecule has 0 spiro atoms. The number of halogens is 1. The van der Waals surface area contributed by atoms with Crippen LogP contribution in [0.1, 0.15) is 11.1 Å². The van der Waals surface area contributed by atoms with E-state index in [9.17, 15) is 0 Å². The first-order valence-electron chi connectivity index (χ1n) is 3.86. The van der Waals surface area contributed by atoms with Gasteiger partial charge < -0.3 is 4.74 Å². The van der Waals surface area contributed by atoms with Crippen LogP contribution in [0, 0.1) is 0 Å². The minimum Gasteiger partial charge on any atom is -0.380 e. The van der Waals surface area contributed by atoms with Crippen LogP contribution in [0.3, 0.4) is 0 Å². The molecule has 0 radical (unpaired) electrons. The van der Waals surface area contributed by atoms with E-state index in [0.29, 0.717) is 13.2 Å². The summed E-state index contributed by atoms with van der Waals surface area (Å²) < 4.78 is 6.06. The van der Waals surface area contributed by atoms with Gasteiger partial charge in [-0.05, 0) is 23.3 Å². The third-order valence-corrected chi connectivity index (χ3v) is 2.20. The highest BCUT2D eigenvalue weighted by Gasteiger charge is 2.02. The summed E-state index contributed by atoms with van der Waals surface area (Å²) in [5.74, 6) is 5.02. The minimum atomic E-state index is 0.401. The maximum absolute atomic E-state index is 5.04. The van der Waals surface area contributed by atoms with Gasteiger partial charge in [0.15, 0.2) is 0 Å². The lowest BCUT2D eigenvalue weighted by Gasteiger charge is -2.07. The van der Waals surface area contributed by atoms with Gasteiger partial charge in [-0.1, -0.05) is 22.0 Å².